The molecule has 0 saturated heterocycles. The molecule has 0 spiro atoms. The molecule has 15 rings (SSSR count). The van der Waals surface area contributed by atoms with Crippen LogP contribution in [0.5, 0.6) is 0 Å². The van der Waals surface area contributed by atoms with E-state index in [1.165, 1.54) is 48.7 Å². The Kier molecular flexibility index (Phi) is 7.97. The minimum absolute atomic E-state index is 0.544. The molecule has 0 aliphatic rings. The lowest BCUT2D eigenvalue weighted by molar-refractivity contribution is 0.669. The van der Waals surface area contributed by atoms with Gasteiger partial charge < -0.3 is 8.98 Å². The molecule has 6 nitrogen and oxygen atoms in total. The molecule has 6 heteroatoms. The van der Waals surface area contributed by atoms with Crippen LogP contribution in [0.2, 0.25) is 0 Å². The van der Waals surface area contributed by atoms with E-state index in [4.69, 9.17) is 19.4 Å². The Morgan fingerprint density at radius 1 is 0.261 bits per heavy atom. The minimum atomic E-state index is 0.544. The van der Waals surface area contributed by atoms with Crippen molar-refractivity contribution in [3.8, 4) is 45.5 Å². The summed E-state index contributed by atoms with van der Waals surface area (Å²) in [5, 5.41) is 14.3. The normalized spacial score (nSPS) is 12.1. The van der Waals surface area contributed by atoms with Gasteiger partial charge in [-0.3, -0.25) is 4.57 Å². The standard InChI is InChI=1S/C63H37N5O/c1-2-15-38(16-3-1)61-64-62(41-30-32-60-54(35-41)50-25-10-13-28-59(50)69-60)66-63(65-61)68-56-27-12-9-24-49(56)53-36-52-48-23-8-11-26-55(48)67(57(52)37-58(53)68)42-18-14-17-39(33-42)40-29-31-47-45-21-5-4-19-43(45)44-20-6-7-22-46(44)51(47)34-40/h1-37H. The molecule has 0 aliphatic carbocycles. The van der Waals surface area contributed by atoms with Crippen molar-refractivity contribution in [2.24, 2.45) is 0 Å². The summed E-state index contributed by atoms with van der Waals surface area (Å²) in [6, 6.07) is 80.0. The summed E-state index contributed by atoms with van der Waals surface area (Å²) in [7, 11) is 0. The zero-order valence-electron chi connectivity index (χ0n) is 37.0. The second-order valence-electron chi connectivity index (χ2n) is 18.0. The van der Waals surface area contributed by atoms with E-state index in [9.17, 15) is 0 Å². The lowest BCUT2D eigenvalue weighted by Gasteiger charge is -2.14. The molecule has 0 fully saturated rings. The Bertz CT molecular complexity index is 4580. The highest BCUT2D eigenvalue weighted by atomic mass is 16.3. The quantitative estimate of drug-likeness (QED) is 0.162. The lowest BCUT2D eigenvalue weighted by atomic mass is 9.92. The molecule has 0 N–H and O–H groups in total. The third-order valence-corrected chi connectivity index (χ3v) is 14.1. The number of hydrogen-bond donors (Lipinski definition) is 0. The van der Waals surface area contributed by atoms with Gasteiger partial charge in [0.1, 0.15) is 11.2 Å². The van der Waals surface area contributed by atoms with E-state index < -0.39 is 0 Å². The van der Waals surface area contributed by atoms with Crippen molar-refractivity contribution in [2.75, 3.05) is 0 Å². The van der Waals surface area contributed by atoms with Crippen LogP contribution in [-0.4, -0.2) is 24.1 Å². The predicted octanol–water partition coefficient (Wildman–Crippen LogP) is 16.4. The van der Waals surface area contributed by atoms with Gasteiger partial charge in [0.15, 0.2) is 11.6 Å². The number of rotatable bonds is 5. The van der Waals surface area contributed by atoms with E-state index in [0.29, 0.717) is 17.6 Å². The molecule has 4 aromatic heterocycles. The van der Waals surface area contributed by atoms with Gasteiger partial charge in [-0.25, -0.2) is 4.98 Å². The second-order valence-corrected chi connectivity index (χ2v) is 18.0. The van der Waals surface area contributed by atoms with E-state index in [-0.39, 0.29) is 0 Å². The number of para-hydroxylation sites is 3. The van der Waals surface area contributed by atoms with Crippen LogP contribution >= 0.6 is 0 Å². The highest BCUT2D eigenvalue weighted by Crippen LogP contribution is 2.42. The average molecular weight is 880 g/mol. The maximum absolute atomic E-state index is 6.23. The predicted molar refractivity (Wildman–Crippen MR) is 285 cm³/mol. The van der Waals surface area contributed by atoms with E-state index in [1.54, 1.807) is 0 Å². The zero-order valence-corrected chi connectivity index (χ0v) is 37.0. The van der Waals surface area contributed by atoms with Crippen molar-refractivity contribution in [3.63, 3.8) is 0 Å². The van der Waals surface area contributed by atoms with Gasteiger partial charge >= 0.3 is 0 Å². The van der Waals surface area contributed by atoms with Crippen LogP contribution in [-0.2, 0) is 0 Å². The largest absolute Gasteiger partial charge is 0.456 e. The molecular weight excluding hydrogens is 843 g/mol. The summed E-state index contributed by atoms with van der Waals surface area (Å²) in [5.41, 5.74) is 11.1. The third-order valence-electron chi connectivity index (χ3n) is 14.1. The second kappa shape index (κ2) is 14.6. The van der Waals surface area contributed by atoms with Crippen molar-refractivity contribution in [1.29, 1.82) is 0 Å². The van der Waals surface area contributed by atoms with Gasteiger partial charge in [-0.2, -0.15) is 9.97 Å². The first-order valence-corrected chi connectivity index (χ1v) is 23.3. The van der Waals surface area contributed by atoms with Gasteiger partial charge in [0.2, 0.25) is 5.95 Å². The van der Waals surface area contributed by atoms with Gasteiger partial charge in [0.05, 0.1) is 22.1 Å². The Morgan fingerprint density at radius 3 is 1.49 bits per heavy atom. The van der Waals surface area contributed by atoms with Crippen molar-refractivity contribution in [3.05, 3.63) is 224 Å². The average Bonchev–Trinajstić information content (AvgIpc) is 4.07. The van der Waals surface area contributed by atoms with Crippen LogP contribution < -0.4 is 0 Å². The van der Waals surface area contributed by atoms with Gasteiger partial charge in [-0.05, 0) is 110 Å². The van der Waals surface area contributed by atoms with Gasteiger partial charge in [0, 0.05) is 49.1 Å². The number of aromatic nitrogens is 5. The highest BCUT2D eigenvalue weighted by Gasteiger charge is 2.22. The molecule has 15 aromatic rings. The Balaban J connectivity index is 0.955. The fraction of sp³-hybridized carbons (Fsp3) is 0. The molecule has 69 heavy (non-hydrogen) atoms. The van der Waals surface area contributed by atoms with Crippen LogP contribution in [0.15, 0.2) is 229 Å². The molecule has 0 unspecified atom stereocenters. The third kappa shape index (κ3) is 5.69. The number of hydrogen-bond acceptors (Lipinski definition) is 4. The van der Waals surface area contributed by atoms with Crippen LogP contribution in [0.3, 0.4) is 0 Å². The molecule has 0 saturated carbocycles. The van der Waals surface area contributed by atoms with Gasteiger partial charge in [-0.15, -0.1) is 0 Å². The lowest BCUT2D eigenvalue weighted by Crippen LogP contribution is -2.06. The number of fused-ring (bicyclic) bond motifs is 15. The molecular formula is C63H37N5O. The first-order valence-electron chi connectivity index (χ1n) is 23.3. The van der Waals surface area contributed by atoms with E-state index in [2.05, 4.69) is 185 Å². The Hall–Kier alpha value is -9.39. The summed E-state index contributed by atoms with van der Waals surface area (Å²) < 4.78 is 10.9. The summed E-state index contributed by atoms with van der Waals surface area (Å²) in [6.45, 7) is 0. The van der Waals surface area contributed by atoms with Gasteiger partial charge in [0.25, 0.3) is 0 Å². The van der Waals surface area contributed by atoms with Crippen LogP contribution in [0, 0.1) is 0 Å². The molecule has 0 atom stereocenters. The van der Waals surface area contributed by atoms with Crippen molar-refractivity contribution < 1.29 is 4.42 Å². The van der Waals surface area contributed by atoms with Crippen LogP contribution in [0.1, 0.15) is 0 Å². The first kappa shape index (κ1) is 37.8. The highest BCUT2D eigenvalue weighted by molar-refractivity contribution is 6.26. The molecule has 0 amide bonds. The topological polar surface area (TPSA) is 61.7 Å². The Labute approximate surface area is 394 Å². The minimum Gasteiger partial charge on any atom is -0.456 e. The van der Waals surface area contributed by atoms with E-state index in [1.807, 2.05) is 48.5 Å². The van der Waals surface area contributed by atoms with Crippen molar-refractivity contribution >= 4 is 97.9 Å². The fourth-order valence-electron chi connectivity index (χ4n) is 11.0. The SMILES string of the molecule is c1ccc(-c2nc(-c3ccc4oc5ccccc5c4c3)nc(-n3c4ccccc4c4cc5c6ccccc6n(-c6cccc(-c7ccc8c9ccccc9c9ccccc9c8c7)c6)c5cc43)n2)cc1. The summed E-state index contributed by atoms with van der Waals surface area (Å²) >= 11 is 0. The molecule has 320 valence electrons. The van der Waals surface area contributed by atoms with E-state index in [0.717, 1.165) is 77.2 Å². The first-order chi connectivity index (χ1) is 34.2. The van der Waals surface area contributed by atoms with Crippen molar-refractivity contribution in [2.45, 2.75) is 0 Å². The van der Waals surface area contributed by atoms with Crippen molar-refractivity contribution in [1.82, 2.24) is 24.1 Å². The molecule has 0 aliphatic heterocycles. The smallest absolute Gasteiger partial charge is 0.238 e. The number of benzene rings is 11. The summed E-state index contributed by atoms with van der Waals surface area (Å²) in [5.74, 6) is 1.72. The molecule has 11 aromatic carbocycles. The molecule has 0 radical (unpaired) electrons. The maximum atomic E-state index is 6.23. The monoisotopic (exact) mass is 879 g/mol. The van der Waals surface area contributed by atoms with Crippen LogP contribution in [0.25, 0.3) is 143 Å². The molecule has 4 heterocycles. The number of furan rings is 1. The van der Waals surface area contributed by atoms with Crippen LogP contribution in [0.4, 0.5) is 0 Å². The number of nitrogens with zero attached hydrogens (tertiary/aromatic N) is 5. The fourth-order valence-corrected chi connectivity index (χ4v) is 11.0. The molecule has 0 bridgehead atoms. The zero-order chi connectivity index (χ0) is 45.2. The van der Waals surface area contributed by atoms with Gasteiger partial charge in [-0.1, -0.05) is 158 Å². The maximum Gasteiger partial charge on any atom is 0.238 e. The summed E-state index contributed by atoms with van der Waals surface area (Å²) in [4.78, 5) is 15.8. The Morgan fingerprint density at radius 2 is 0.768 bits per heavy atom. The summed E-state index contributed by atoms with van der Waals surface area (Å²) in [6.07, 6.45) is 0. The van der Waals surface area contributed by atoms with E-state index >= 15 is 0 Å².